The second kappa shape index (κ2) is 8.41. The fourth-order valence-corrected chi connectivity index (χ4v) is 5.45. The van der Waals surface area contributed by atoms with Gasteiger partial charge < -0.3 is 15.4 Å². The Hall–Kier alpha value is -1.97. The molecule has 1 aliphatic carbocycles. The van der Waals surface area contributed by atoms with E-state index < -0.39 is 11.0 Å². The SMILES string of the molecule is NC1=NS(O)(O)Nc2cccc(OCC3CCCN(C(=O)C4CCCCC4)C3)c21. The molecule has 0 radical (unpaired) electrons. The van der Waals surface area contributed by atoms with Gasteiger partial charge in [0.15, 0.2) is 5.84 Å². The van der Waals surface area contributed by atoms with Crippen LogP contribution >= 0.6 is 11.0 Å². The molecular formula is C20H30N4O4S. The van der Waals surface area contributed by atoms with Crippen molar-refractivity contribution in [1.29, 1.82) is 0 Å². The second-order valence-electron chi connectivity index (χ2n) is 8.21. The largest absolute Gasteiger partial charge is 0.492 e. The molecule has 2 aliphatic heterocycles. The van der Waals surface area contributed by atoms with Crippen LogP contribution < -0.4 is 15.2 Å². The van der Waals surface area contributed by atoms with Gasteiger partial charge in [0, 0.05) is 24.9 Å². The Morgan fingerprint density at radius 1 is 1.24 bits per heavy atom. The second-order valence-corrected chi connectivity index (χ2v) is 9.64. The first kappa shape index (κ1) is 20.3. The number of rotatable bonds is 4. The van der Waals surface area contributed by atoms with Crippen molar-refractivity contribution < 1.29 is 18.6 Å². The summed E-state index contributed by atoms with van der Waals surface area (Å²) in [5.74, 6) is 1.39. The van der Waals surface area contributed by atoms with Gasteiger partial charge in [0.1, 0.15) is 5.75 Å². The van der Waals surface area contributed by atoms with Crippen molar-refractivity contribution in [3.63, 3.8) is 0 Å². The van der Waals surface area contributed by atoms with Crippen LogP contribution in [0.25, 0.3) is 0 Å². The van der Waals surface area contributed by atoms with Gasteiger partial charge in [-0.1, -0.05) is 25.3 Å². The van der Waals surface area contributed by atoms with Gasteiger partial charge in [0.05, 0.1) is 17.9 Å². The van der Waals surface area contributed by atoms with Crippen molar-refractivity contribution in [3.05, 3.63) is 23.8 Å². The highest BCUT2D eigenvalue weighted by Gasteiger charge is 2.30. The van der Waals surface area contributed by atoms with Crippen molar-refractivity contribution in [1.82, 2.24) is 4.90 Å². The van der Waals surface area contributed by atoms with E-state index in [-0.39, 0.29) is 17.7 Å². The first-order chi connectivity index (χ1) is 13.9. The fraction of sp³-hybridized carbons (Fsp3) is 0.600. The molecule has 0 bridgehead atoms. The summed E-state index contributed by atoms with van der Waals surface area (Å²) < 4.78 is 32.0. The molecular weight excluding hydrogens is 392 g/mol. The zero-order chi connectivity index (χ0) is 20.4. The number of carbonyl (C=O) groups excluding carboxylic acids is 1. The van der Waals surface area contributed by atoms with Crippen LogP contribution in [0.2, 0.25) is 0 Å². The third kappa shape index (κ3) is 4.62. The van der Waals surface area contributed by atoms with Gasteiger partial charge in [-0.05, 0) is 48.8 Å². The summed E-state index contributed by atoms with van der Waals surface area (Å²) in [7, 11) is -3.31. The summed E-state index contributed by atoms with van der Waals surface area (Å²) >= 11 is 0. The van der Waals surface area contributed by atoms with E-state index >= 15 is 0 Å². The van der Waals surface area contributed by atoms with Crippen LogP contribution in [-0.4, -0.2) is 45.4 Å². The van der Waals surface area contributed by atoms with Crippen LogP contribution in [0, 0.1) is 11.8 Å². The van der Waals surface area contributed by atoms with E-state index in [1.165, 1.54) is 6.42 Å². The first-order valence-electron chi connectivity index (χ1n) is 10.4. The summed E-state index contributed by atoms with van der Waals surface area (Å²) in [4.78, 5) is 14.9. The summed E-state index contributed by atoms with van der Waals surface area (Å²) in [5, 5.41) is 0. The highest BCUT2D eigenvalue weighted by molar-refractivity contribution is 8.24. The lowest BCUT2D eigenvalue weighted by Gasteiger charge is -2.36. The number of fused-ring (bicyclic) bond motifs is 1. The standard InChI is InChI=1S/C20H30N4O4S/c21-19-18-16(22-29(26,27)23-19)9-4-10-17(18)28-13-14-6-5-11-24(12-14)20(25)15-7-2-1-3-8-15/h4,9-10,14-15,22,26-27H,1-3,5-8,11-13H2,(H2,21,23). The smallest absolute Gasteiger partial charge is 0.225 e. The minimum atomic E-state index is -3.31. The third-order valence-electron chi connectivity index (χ3n) is 6.01. The van der Waals surface area contributed by atoms with Crippen molar-refractivity contribution >= 4 is 28.4 Å². The number of amidine groups is 1. The quantitative estimate of drug-likeness (QED) is 0.588. The van der Waals surface area contributed by atoms with E-state index in [0.717, 1.165) is 51.6 Å². The van der Waals surface area contributed by atoms with Gasteiger partial charge in [-0.2, -0.15) is 0 Å². The normalized spacial score (nSPS) is 25.4. The van der Waals surface area contributed by atoms with Gasteiger partial charge in [-0.3, -0.25) is 18.6 Å². The molecule has 2 fully saturated rings. The van der Waals surface area contributed by atoms with Crippen LogP contribution in [0.4, 0.5) is 5.69 Å². The molecule has 1 aromatic carbocycles. The van der Waals surface area contributed by atoms with Crippen molar-refractivity contribution in [2.75, 3.05) is 24.4 Å². The molecule has 1 unspecified atom stereocenters. The molecule has 2 heterocycles. The van der Waals surface area contributed by atoms with E-state index in [1.807, 2.05) is 4.90 Å². The molecule has 1 aromatic rings. The minimum Gasteiger partial charge on any atom is -0.492 e. The summed E-state index contributed by atoms with van der Waals surface area (Å²) in [5.41, 5.74) is 6.99. The number of benzene rings is 1. The number of nitrogens with zero attached hydrogens (tertiary/aromatic N) is 2. The number of hydrogen-bond acceptors (Lipinski definition) is 7. The highest BCUT2D eigenvalue weighted by Crippen LogP contribution is 2.46. The number of nitrogens with two attached hydrogens (primary N) is 1. The number of nitrogens with one attached hydrogen (secondary N) is 1. The predicted octanol–water partition coefficient (Wildman–Crippen LogP) is 3.60. The van der Waals surface area contributed by atoms with Crippen LogP contribution in [0.5, 0.6) is 5.75 Å². The zero-order valence-electron chi connectivity index (χ0n) is 16.5. The van der Waals surface area contributed by atoms with Crippen LogP contribution in [0.15, 0.2) is 22.6 Å². The van der Waals surface area contributed by atoms with Gasteiger partial charge in [0.25, 0.3) is 0 Å². The number of hydrogen-bond donors (Lipinski definition) is 4. The average Bonchev–Trinajstić information content (AvgIpc) is 2.71. The predicted molar refractivity (Wildman–Crippen MR) is 115 cm³/mol. The van der Waals surface area contributed by atoms with Crippen LogP contribution in [0.1, 0.15) is 50.5 Å². The number of amides is 1. The molecule has 1 amide bonds. The molecule has 1 saturated carbocycles. The Balaban J connectivity index is 1.39. The minimum absolute atomic E-state index is 0.0482. The maximum Gasteiger partial charge on any atom is 0.225 e. The number of anilines is 1. The molecule has 5 N–H and O–H groups in total. The molecule has 1 saturated heterocycles. The molecule has 3 aliphatic rings. The number of carbonyl (C=O) groups is 1. The van der Waals surface area contributed by atoms with E-state index in [9.17, 15) is 13.9 Å². The molecule has 160 valence electrons. The average molecular weight is 423 g/mol. The van der Waals surface area contributed by atoms with E-state index in [4.69, 9.17) is 10.5 Å². The lowest BCUT2D eigenvalue weighted by molar-refractivity contribution is -0.138. The lowest BCUT2D eigenvalue weighted by Crippen LogP contribution is -2.44. The van der Waals surface area contributed by atoms with E-state index in [2.05, 4.69) is 9.12 Å². The van der Waals surface area contributed by atoms with Crippen molar-refractivity contribution in [2.45, 2.75) is 44.9 Å². The van der Waals surface area contributed by atoms with Gasteiger partial charge in [-0.25, -0.2) is 0 Å². The molecule has 29 heavy (non-hydrogen) atoms. The highest BCUT2D eigenvalue weighted by atomic mass is 32.3. The fourth-order valence-electron chi connectivity index (χ4n) is 4.57. The van der Waals surface area contributed by atoms with Gasteiger partial charge >= 0.3 is 0 Å². The van der Waals surface area contributed by atoms with E-state index in [1.54, 1.807) is 18.2 Å². The maximum absolute atomic E-state index is 12.9. The Kier molecular flexibility index (Phi) is 5.89. The topological polar surface area (TPSA) is 120 Å². The molecule has 0 aromatic heterocycles. The van der Waals surface area contributed by atoms with Crippen LogP contribution in [-0.2, 0) is 4.79 Å². The summed E-state index contributed by atoms with van der Waals surface area (Å²) in [6.07, 6.45) is 7.64. The summed E-state index contributed by atoms with van der Waals surface area (Å²) in [6, 6.07) is 5.28. The Morgan fingerprint density at radius 2 is 2.03 bits per heavy atom. The Bertz CT molecular complexity index is 795. The van der Waals surface area contributed by atoms with Crippen molar-refractivity contribution in [3.8, 4) is 5.75 Å². The van der Waals surface area contributed by atoms with Crippen molar-refractivity contribution in [2.24, 2.45) is 22.0 Å². The zero-order valence-corrected chi connectivity index (χ0v) is 17.4. The Morgan fingerprint density at radius 3 is 2.83 bits per heavy atom. The molecule has 0 spiro atoms. The van der Waals surface area contributed by atoms with E-state index in [0.29, 0.717) is 29.5 Å². The molecule has 9 heteroatoms. The third-order valence-corrected chi connectivity index (χ3v) is 6.96. The molecule has 1 atom stereocenters. The van der Waals surface area contributed by atoms with Gasteiger partial charge in [-0.15, -0.1) is 4.40 Å². The number of piperidine rings is 1. The molecule has 4 rings (SSSR count). The lowest BCUT2D eigenvalue weighted by atomic mass is 9.87. The van der Waals surface area contributed by atoms with Gasteiger partial charge in [0.2, 0.25) is 5.91 Å². The Labute approximate surface area is 173 Å². The molecule has 8 nitrogen and oxygen atoms in total. The van der Waals surface area contributed by atoms with Crippen LogP contribution in [0.3, 0.4) is 0 Å². The maximum atomic E-state index is 12.9. The first-order valence-corrected chi connectivity index (χ1v) is 11.9. The summed E-state index contributed by atoms with van der Waals surface area (Å²) in [6.45, 7) is 2.05. The monoisotopic (exact) mass is 422 g/mol. The number of likely N-dealkylation sites (tertiary alicyclic amines) is 1. The number of ether oxygens (including phenoxy) is 1.